The molecule has 0 fully saturated rings. The van der Waals surface area contributed by atoms with Crippen LogP contribution in [-0.4, -0.2) is 11.6 Å². The molecule has 0 amide bonds. The van der Waals surface area contributed by atoms with Crippen LogP contribution in [0.3, 0.4) is 0 Å². The summed E-state index contributed by atoms with van der Waals surface area (Å²) in [7, 11) is 0. The summed E-state index contributed by atoms with van der Waals surface area (Å²) in [6.45, 7) is 7.55. The number of thiophene rings is 1. The van der Waals surface area contributed by atoms with Gasteiger partial charge in [0, 0.05) is 9.35 Å². The number of rotatable bonds is 2. The lowest BCUT2D eigenvalue weighted by Gasteiger charge is -2.18. The van der Waals surface area contributed by atoms with Gasteiger partial charge in [0.25, 0.3) is 0 Å². The van der Waals surface area contributed by atoms with Gasteiger partial charge in [0.15, 0.2) is 0 Å². The van der Waals surface area contributed by atoms with Crippen LogP contribution in [0.4, 0.5) is 5.69 Å². The number of anilines is 1. The van der Waals surface area contributed by atoms with E-state index in [0.717, 1.165) is 20.5 Å². The first kappa shape index (κ1) is 16.0. The Bertz CT molecular complexity index is 686. The minimum absolute atomic E-state index is 0.371. The number of carbonyl (C=O) groups is 1. The van der Waals surface area contributed by atoms with E-state index in [4.69, 9.17) is 10.5 Å². The zero-order chi connectivity index (χ0) is 15.8. The third-order valence-corrected chi connectivity index (χ3v) is 4.90. The lowest BCUT2D eigenvalue weighted by atomic mass is 10.1. The molecule has 1 aromatic carbocycles. The van der Waals surface area contributed by atoms with Crippen LogP contribution in [0.15, 0.2) is 28.7 Å². The highest BCUT2D eigenvalue weighted by Gasteiger charge is 2.22. The Morgan fingerprint density at radius 3 is 2.62 bits per heavy atom. The quantitative estimate of drug-likeness (QED) is 0.757. The molecule has 0 saturated heterocycles. The number of ether oxygens (including phenoxy) is 1. The Morgan fingerprint density at radius 1 is 1.33 bits per heavy atom. The summed E-state index contributed by atoms with van der Waals surface area (Å²) in [5.74, 6) is -0.371. The van der Waals surface area contributed by atoms with Gasteiger partial charge < -0.3 is 10.5 Å². The Kier molecular flexibility index (Phi) is 4.44. The molecule has 0 spiro atoms. The molecule has 0 bridgehead atoms. The maximum atomic E-state index is 12.2. The van der Waals surface area contributed by atoms with Gasteiger partial charge in [-0.3, -0.25) is 0 Å². The summed E-state index contributed by atoms with van der Waals surface area (Å²) in [6.07, 6.45) is 0. The Hall–Kier alpha value is -1.33. The first-order valence-corrected chi connectivity index (χ1v) is 8.18. The highest BCUT2D eigenvalue weighted by atomic mass is 79.9. The summed E-state index contributed by atoms with van der Waals surface area (Å²) >= 11 is 4.88. The molecule has 0 radical (unpaired) electrons. The predicted molar refractivity (Wildman–Crippen MR) is 91.8 cm³/mol. The third kappa shape index (κ3) is 3.66. The van der Waals surface area contributed by atoms with E-state index in [0.29, 0.717) is 10.6 Å². The van der Waals surface area contributed by atoms with Crippen LogP contribution in [-0.2, 0) is 4.74 Å². The minimum Gasteiger partial charge on any atom is -0.456 e. The lowest BCUT2D eigenvalue weighted by Crippen LogP contribution is -2.23. The number of nitrogen functional groups attached to an aromatic ring is 1. The second-order valence-corrected chi connectivity index (χ2v) is 7.72. The van der Waals surface area contributed by atoms with Crippen molar-refractivity contribution < 1.29 is 9.53 Å². The normalized spacial score (nSPS) is 11.5. The second kappa shape index (κ2) is 5.81. The van der Waals surface area contributed by atoms with Gasteiger partial charge in [-0.1, -0.05) is 28.1 Å². The number of nitrogens with two attached hydrogens (primary N) is 1. The fourth-order valence-electron chi connectivity index (χ4n) is 1.90. The molecule has 2 rings (SSSR count). The van der Waals surface area contributed by atoms with Crippen LogP contribution in [0.25, 0.3) is 10.4 Å². The SMILES string of the molecule is Cc1c(Br)cccc1-c1cc(N)c(C(=O)OC(C)(C)C)s1. The zero-order valence-electron chi connectivity index (χ0n) is 12.5. The molecule has 2 N–H and O–H groups in total. The number of halogens is 1. The fourth-order valence-corrected chi connectivity index (χ4v) is 3.30. The number of hydrogen-bond donors (Lipinski definition) is 1. The van der Waals surface area contributed by atoms with E-state index in [2.05, 4.69) is 15.9 Å². The van der Waals surface area contributed by atoms with Crippen molar-refractivity contribution >= 4 is 38.9 Å². The van der Waals surface area contributed by atoms with Crippen molar-refractivity contribution in [2.45, 2.75) is 33.3 Å². The van der Waals surface area contributed by atoms with Gasteiger partial charge in [0.05, 0.1) is 5.69 Å². The number of hydrogen-bond acceptors (Lipinski definition) is 4. The van der Waals surface area contributed by atoms with Gasteiger partial charge in [-0.2, -0.15) is 0 Å². The summed E-state index contributed by atoms with van der Waals surface area (Å²) in [5, 5.41) is 0. The molecule has 0 aliphatic carbocycles. The van der Waals surface area contributed by atoms with Gasteiger partial charge in [-0.05, 0) is 51.0 Å². The van der Waals surface area contributed by atoms with Crippen LogP contribution in [0.1, 0.15) is 36.0 Å². The average Bonchev–Trinajstić information content (AvgIpc) is 2.72. The second-order valence-electron chi connectivity index (χ2n) is 5.81. The third-order valence-electron chi connectivity index (χ3n) is 2.88. The van der Waals surface area contributed by atoms with Crippen molar-refractivity contribution in [1.29, 1.82) is 0 Å². The molecule has 0 unspecified atom stereocenters. The van der Waals surface area contributed by atoms with E-state index in [-0.39, 0.29) is 5.97 Å². The molecule has 0 aliphatic heterocycles. The van der Waals surface area contributed by atoms with Crippen LogP contribution in [0.2, 0.25) is 0 Å². The number of esters is 1. The van der Waals surface area contributed by atoms with E-state index in [9.17, 15) is 4.79 Å². The van der Waals surface area contributed by atoms with E-state index in [1.807, 2.05) is 52.0 Å². The molecule has 1 heterocycles. The molecule has 0 atom stereocenters. The number of carbonyl (C=O) groups excluding carboxylic acids is 1. The summed E-state index contributed by atoms with van der Waals surface area (Å²) in [5.41, 5.74) is 8.10. The van der Waals surface area contributed by atoms with Crippen LogP contribution < -0.4 is 5.73 Å². The van der Waals surface area contributed by atoms with Crippen molar-refractivity contribution in [3.05, 3.63) is 39.2 Å². The minimum atomic E-state index is -0.528. The van der Waals surface area contributed by atoms with Gasteiger partial charge in [0.1, 0.15) is 10.5 Å². The smallest absolute Gasteiger partial charge is 0.350 e. The Morgan fingerprint density at radius 2 is 2.00 bits per heavy atom. The topological polar surface area (TPSA) is 52.3 Å². The monoisotopic (exact) mass is 367 g/mol. The first-order valence-electron chi connectivity index (χ1n) is 6.57. The standard InChI is InChI=1S/C16H18BrNO2S/c1-9-10(6-5-7-11(9)17)13-8-12(18)14(21-13)15(19)20-16(2,3)4/h5-8H,18H2,1-4H3. The maximum Gasteiger partial charge on any atom is 0.350 e. The summed E-state index contributed by atoms with van der Waals surface area (Å²) < 4.78 is 6.42. The van der Waals surface area contributed by atoms with Crippen molar-refractivity contribution in [2.24, 2.45) is 0 Å². The molecular weight excluding hydrogens is 350 g/mol. The van der Waals surface area contributed by atoms with Crippen molar-refractivity contribution in [1.82, 2.24) is 0 Å². The van der Waals surface area contributed by atoms with Crippen molar-refractivity contribution in [3.8, 4) is 10.4 Å². The molecule has 0 aliphatic rings. The molecule has 112 valence electrons. The lowest BCUT2D eigenvalue weighted by molar-refractivity contribution is 0.00764. The Labute approximate surface area is 137 Å². The average molecular weight is 368 g/mol. The molecule has 0 saturated carbocycles. The van der Waals surface area contributed by atoms with Crippen LogP contribution in [0.5, 0.6) is 0 Å². The summed E-state index contributed by atoms with van der Waals surface area (Å²) in [6, 6.07) is 7.81. The van der Waals surface area contributed by atoms with Crippen LogP contribution >= 0.6 is 27.3 Å². The summed E-state index contributed by atoms with van der Waals surface area (Å²) in [4.78, 5) is 13.6. The van der Waals surface area contributed by atoms with E-state index < -0.39 is 5.60 Å². The van der Waals surface area contributed by atoms with Crippen molar-refractivity contribution in [3.63, 3.8) is 0 Å². The largest absolute Gasteiger partial charge is 0.456 e. The molecule has 21 heavy (non-hydrogen) atoms. The predicted octanol–water partition coefficient (Wildman–Crippen LogP) is 5.02. The Balaban J connectivity index is 2.40. The molecule has 1 aromatic heterocycles. The van der Waals surface area contributed by atoms with Gasteiger partial charge in [-0.15, -0.1) is 11.3 Å². The van der Waals surface area contributed by atoms with Gasteiger partial charge >= 0.3 is 5.97 Å². The number of benzene rings is 1. The zero-order valence-corrected chi connectivity index (χ0v) is 14.9. The van der Waals surface area contributed by atoms with Gasteiger partial charge in [0.2, 0.25) is 0 Å². The van der Waals surface area contributed by atoms with E-state index >= 15 is 0 Å². The molecule has 2 aromatic rings. The van der Waals surface area contributed by atoms with E-state index in [1.54, 1.807) is 0 Å². The first-order chi connectivity index (χ1) is 9.69. The van der Waals surface area contributed by atoms with E-state index in [1.165, 1.54) is 11.3 Å². The highest BCUT2D eigenvalue weighted by Crippen LogP contribution is 2.37. The maximum absolute atomic E-state index is 12.2. The molecular formula is C16H18BrNO2S. The molecule has 5 heteroatoms. The van der Waals surface area contributed by atoms with Crippen molar-refractivity contribution in [2.75, 3.05) is 5.73 Å². The fraction of sp³-hybridized carbons (Fsp3) is 0.312. The highest BCUT2D eigenvalue weighted by molar-refractivity contribution is 9.10. The van der Waals surface area contributed by atoms with Crippen LogP contribution in [0, 0.1) is 6.92 Å². The van der Waals surface area contributed by atoms with Gasteiger partial charge in [-0.25, -0.2) is 4.79 Å². The molecule has 3 nitrogen and oxygen atoms in total.